The van der Waals surface area contributed by atoms with Crippen molar-refractivity contribution in [2.45, 2.75) is 16.6 Å². The predicted octanol–water partition coefficient (Wildman–Crippen LogP) is 1.49. The number of alkyl halides is 1. The fourth-order valence-corrected chi connectivity index (χ4v) is 2.98. The minimum atomic E-state index is -3.39. The van der Waals surface area contributed by atoms with Gasteiger partial charge in [0, 0.05) is 30.8 Å². The van der Waals surface area contributed by atoms with E-state index in [1.807, 2.05) is 6.92 Å². The van der Waals surface area contributed by atoms with Crippen molar-refractivity contribution < 1.29 is 8.42 Å². The molecule has 0 aliphatic rings. The van der Waals surface area contributed by atoms with Gasteiger partial charge in [0.05, 0.1) is 0 Å². The number of hydrogen-bond acceptors (Lipinski definition) is 3. The third-order valence-electron chi connectivity index (χ3n) is 1.85. The lowest BCUT2D eigenvalue weighted by Crippen LogP contribution is -2.31. The van der Waals surface area contributed by atoms with E-state index in [-0.39, 0.29) is 9.72 Å². The van der Waals surface area contributed by atoms with Gasteiger partial charge in [0.15, 0.2) is 0 Å². The number of hydrogen-bond donors (Lipinski definition) is 0. The molecular formula is C9H13BrN2O2S. The van der Waals surface area contributed by atoms with E-state index >= 15 is 0 Å². The summed E-state index contributed by atoms with van der Waals surface area (Å²) in [7, 11) is -1.84. The van der Waals surface area contributed by atoms with Gasteiger partial charge in [-0.15, -0.1) is 0 Å². The molecule has 0 saturated heterocycles. The largest absolute Gasteiger partial charge is 0.263 e. The van der Waals surface area contributed by atoms with Crippen LogP contribution in [-0.4, -0.2) is 36.1 Å². The van der Waals surface area contributed by atoms with E-state index in [0.29, 0.717) is 6.54 Å². The maximum atomic E-state index is 11.9. The van der Waals surface area contributed by atoms with Crippen LogP contribution >= 0.6 is 15.9 Å². The first-order valence-electron chi connectivity index (χ1n) is 4.45. The molecule has 0 aliphatic heterocycles. The van der Waals surface area contributed by atoms with Crippen LogP contribution in [0.5, 0.6) is 0 Å². The molecule has 0 radical (unpaired) electrons. The Morgan fingerprint density at radius 1 is 1.60 bits per heavy atom. The summed E-state index contributed by atoms with van der Waals surface area (Å²) in [5.74, 6) is 0. The Labute approximate surface area is 98.5 Å². The molecule has 1 unspecified atom stereocenters. The number of aromatic nitrogens is 1. The zero-order valence-corrected chi connectivity index (χ0v) is 11.0. The Balaban J connectivity index is 2.94. The average Bonchev–Trinajstić information content (AvgIpc) is 2.18. The van der Waals surface area contributed by atoms with Gasteiger partial charge in [-0.05, 0) is 12.1 Å². The van der Waals surface area contributed by atoms with E-state index in [1.165, 1.54) is 16.6 Å². The topological polar surface area (TPSA) is 50.3 Å². The van der Waals surface area contributed by atoms with Gasteiger partial charge >= 0.3 is 0 Å². The van der Waals surface area contributed by atoms with Crippen molar-refractivity contribution in [3.05, 3.63) is 24.5 Å². The Morgan fingerprint density at radius 2 is 2.27 bits per heavy atom. The summed E-state index contributed by atoms with van der Waals surface area (Å²) in [5, 5.41) is 0. The van der Waals surface area contributed by atoms with Crippen LogP contribution in [-0.2, 0) is 10.0 Å². The van der Waals surface area contributed by atoms with Gasteiger partial charge in [0.2, 0.25) is 10.0 Å². The van der Waals surface area contributed by atoms with Crippen molar-refractivity contribution in [1.82, 2.24) is 9.29 Å². The van der Waals surface area contributed by atoms with Crippen LogP contribution in [0.1, 0.15) is 6.92 Å². The summed E-state index contributed by atoms with van der Waals surface area (Å²) in [6.07, 6.45) is 2.90. The molecule has 1 aromatic rings. The summed E-state index contributed by atoms with van der Waals surface area (Å²) in [4.78, 5) is 4.14. The van der Waals surface area contributed by atoms with Crippen molar-refractivity contribution in [3.63, 3.8) is 0 Å². The van der Waals surface area contributed by atoms with Crippen LogP contribution in [0.2, 0.25) is 0 Å². The quantitative estimate of drug-likeness (QED) is 0.790. The average molecular weight is 293 g/mol. The zero-order chi connectivity index (χ0) is 11.5. The smallest absolute Gasteiger partial charge is 0.244 e. The summed E-state index contributed by atoms with van der Waals surface area (Å²) in [6.45, 7) is 2.33. The molecule has 0 amide bonds. The van der Waals surface area contributed by atoms with Crippen molar-refractivity contribution in [2.24, 2.45) is 0 Å². The van der Waals surface area contributed by atoms with Gasteiger partial charge in [-0.1, -0.05) is 22.9 Å². The van der Waals surface area contributed by atoms with E-state index < -0.39 is 10.0 Å². The second-order valence-corrected chi connectivity index (χ2v) is 6.86. The van der Waals surface area contributed by atoms with E-state index in [1.54, 1.807) is 19.3 Å². The van der Waals surface area contributed by atoms with Crippen molar-refractivity contribution >= 4 is 26.0 Å². The normalized spacial score (nSPS) is 14.1. The molecule has 0 bridgehead atoms. The number of sulfonamides is 1. The molecular weight excluding hydrogens is 280 g/mol. The second kappa shape index (κ2) is 5.05. The highest BCUT2D eigenvalue weighted by Crippen LogP contribution is 2.13. The number of halogens is 1. The summed E-state index contributed by atoms with van der Waals surface area (Å²) in [6, 6.07) is 3.15. The highest BCUT2D eigenvalue weighted by molar-refractivity contribution is 9.09. The summed E-state index contributed by atoms with van der Waals surface area (Å²) < 4.78 is 25.2. The molecule has 1 rings (SSSR count). The molecule has 0 aromatic carbocycles. The molecule has 0 N–H and O–H groups in total. The van der Waals surface area contributed by atoms with Gasteiger partial charge in [0.1, 0.15) is 4.90 Å². The number of nitrogens with zero attached hydrogens (tertiary/aromatic N) is 2. The molecule has 6 heteroatoms. The maximum Gasteiger partial charge on any atom is 0.244 e. The molecule has 15 heavy (non-hydrogen) atoms. The van der Waals surface area contributed by atoms with Gasteiger partial charge in [-0.2, -0.15) is 4.31 Å². The third-order valence-corrected chi connectivity index (χ3v) is 3.95. The van der Waals surface area contributed by atoms with Crippen LogP contribution < -0.4 is 0 Å². The Hall–Kier alpha value is -0.460. The van der Waals surface area contributed by atoms with Gasteiger partial charge < -0.3 is 0 Å². The fourth-order valence-electron chi connectivity index (χ4n) is 1.13. The maximum absolute atomic E-state index is 11.9. The third kappa shape index (κ3) is 3.25. The van der Waals surface area contributed by atoms with Gasteiger partial charge in [0.25, 0.3) is 0 Å². The number of pyridine rings is 1. The monoisotopic (exact) mass is 292 g/mol. The first kappa shape index (κ1) is 12.6. The zero-order valence-electron chi connectivity index (χ0n) is 8.59. The Morgan fingerprint density at radius 3 is 2.73 bits per heavy atom. The molecule has 1 atom stereocenters. The Bertz CT molecular complexity index is 405. The molecule has 0 fully saturated rings. The van der Waals surface area contributed by atoms with Crippen LogP contribution in [0, 0.1) is 0 Å². The summed E-state index contributed by atoms with van der Waals surface area (Å²) >= 11 is 3.32. The predicted molar refractivity (Wildman–Crippen MR) is 62.4 cm³/mol. The van der Waals surface area contributed by atoms with E-state index in [4.69, 9.17) is 0 Å². The first-order chi connectivity index (χ1) is 6.94. The van der Waals surface area contributed by atoms with E-state index in [2.05, 4.69) is 20.9 Å². The SMILES string of the molecule is CC(Br)CN(C)S(=O)(=O)c1cccnc1. The first-order valence-corrected chi connectivity index (χ1v) is 6.80. The fraction of sp³-hybridized carbons (Fsp3) is 0.444. The standard InChI is InChI=1S/C9H13BrN2O2S/c1-8(10)7-12(2)15(13,14)9-4-3-5-11-6-9/h3-6,8H,7H2,1-2H3. The minimum Gasteiger partial charge on any atom is -0.263 e. The molecule has 0 aliphatic carbocycles. The lowest BCUT2D eigenvalue weighted by molar-refractivity contribution is 0.473. The molecule has 1 heterocycles. The van der Waals surface area contributed by atoms with Crippen molar-refractivity contribution in [1.29, 1.82) is 0 Å². The van der Waals surface area contributed by atoms with Crippen molar-refractivity contribution in [3.8, 4) is 0 Å². The lowest BCUT2D eigenvalue weighted by atomic mass is 10.5. The molecule has 4 nitrogen and oxygen atoms in total. The second-order valence-electron chi connectivity index (χ2n) is 3.26. The highest BCUT2D eigenvalue weighted by atomic mass is 79.9. The minimum absolute atomic E-state index is 0.119. The summed E-state index contributed by atoms with van der Waals surface area (Å²) in [5.41, 5.74) is 0. The van der Waals surface area contributed by atoms with Crippen LogP contribution in [0.3, 0.4) is 0 Å². The van der Waals surface area contributed by atoms with Crippen LogP contribution in [0.4, 0.5) is 0 Å². The molecule has 0 spiro atoms. The van der Waals surface area contributed by atoms with E-state index in [0.717, 1.165) is 0 Å². The van der Waals surface area contributed by atoms with Crippen LogP contribution in [0.15, 0.2) is 29.4 Å². The molecule has 84 valence electrons. The lowest BCUT2D eigenvalue weighted by Gasteiger charge is -2.17. The highest BCUT2D eigenvalue weighted by Gasteiger charge is 2.21. The molecule has 1 aromatic heterocycles. The van der Waals surface area contributed by atoms with Gasteiger partial charge in [-0.25, -0.2) is 8.42 Å². The van der Waals surface area contributed by atoms with Gasteiger partial charge in [-0.3, -0.25) is 4.98 Å². The van der Waals surface area contributed by atoms with Crippen molar-refractivity contribution in [2.75, 3.05) is 13.6 Å². The van der Waals surface area contributed by atoms with Crippen LogP contribution in [0.25, 0.3) is 0 Å². The van der Waals surface area contributed by atoms with E-state index in [9.17, 15) is 8.42 Å². The Kier molecular flexibility index (Phi) is 4.24. The molecule has 0 saturated carbocycles. The number of rotatable bonds is 4.